The summed E-state index contributed by atoms with van der Waals surface area (Å²) in [6.45, 7) is 1.56. The van der Waals surface area contributed by atoms with Gasteiger partial charge in [0.1, 0.15) is 5.75 Å². The van der Waals surface area contributed by atoms with Crippen LogP contribution < -0.4 is 28.4 Å². The maximum Gasteiger partial charge on any atom is 0.204 e. The second-order valence-electron chi connectivity index (χ2n) is 12.4. The van der Waals surface area contributed by atoms with Crippen molar-refractivity contribution >= 4 is 0 Å². The van der Waals surface area contributed by atoms with Gasteiger partial charge in [-0.2, -0.15) is 0 Å². The third kappa shape index (κ3) is 5.73. The van der Waals surface area contributed by atoms with Gasteiger partial charge in [0.2, 0.25) is 5.75 Å². The third-order valence-electron chi connectivity index (χ3n) is 9.87. The summed E-state index contributed by atoms with van der Waals surface area (Å²) in [6.07, 6.45) is 3.02. The van der Waals surface area contributed by atoms with Crippen LogP contribution in [0.25, 0.3) is 0 Å². The Bertz CT molecular complexity index is 1770. The van der Waals surface area contributed by atoms with Crippen molar-refractivity contribution < 1.29 is 33.5 Å². The van der Waals surface area contributed by atoms with Crippen molar-refractivity contribution in [3.63, 3.8) is 0 Å². The fourth-order valence-corrected chi connectivity index (χ4v) is 7.34. The minimum atomic E-state index is -0.0700. The van der Waals surface area contributed by atoms with Crippen molar-refractivity contribution in [1.82, 2.24) is 9.80 Å². The van der Waals surface area contributed by atoms with Gasteiger partial charge in [0.15, 0.2) is 34.5 Å². The molecule has 1 N–H and O–H groups in total. The van der Waals surface area contributed by atoms with Crippen LogP contribution in [0.15, 0.2) is 60.7 Å². The first-order chi connectivity index (χ1) is 22.9. The first kappa shape index (κ1) is 31.2. The van der Waals surface area contributed by atoms with Gasteiger partial charge < -0.3 is 33.5 Å². The van der Waals surface area contributed by atoms with E-state index in [1.54, 1.807) is 28.4 Å². The molecule has 246 valence electrons. The number of hydrogen-bond acceptors (Lipinski definition) is 9. The minimum Gasteiger partial charge on any atom is -0.493 e. The van der Waals surface area contributed by atoms with E-state index in [2.05, 4.69) is 59.3 Å². The highest BCUT2D eigenvalue weighted by atomic mass is 16.5. The Hall–Kier alpha value is -4.44. The smallest absolute Gasteiger partial charge is 0.204 e. The lowest BCUT2D eigenvalue weighted by Crippen LogP contribution is -2.37. The normalized spacial score (nSPS) is 19.0. The van der Waals surface area contributed by atoms with Gasteiger partial charge in [0.25, 0.3) is 0 Å². The highest BCUT2D eigenvalue weighted by Gasteiger charge is 2.35. The third-order valence-corrected chi connectivity index (χ3v) is 9.87. The predicted molar refractivity (Wildman–Crippen MR) is 179 cm³/mol. The molecule has 9 nitrogen and oxygen atoms in total. The molecule has 6 bridgehead atoms. The maximum atomic E-state index is 10.4. The van der Waals surface area contributed by atoms with Gasteiger partial charge in [0.05, 0.1) is 35.2 Å². The molecule has 4 heterocycles. The lowest BCUT2D eigenvalue weighted by Gasteiger charge is -2.38. The van der Waals surface area contributed by atoms with Gasteiger partial charge in [-0.05, 0) is 103 Å². The molecule has 2 unspecified atom stereocenters. The Labute approximate surface area is 276 Å². The zero-order valence-corrected chi connectivity index (χ0v) is 27.7. The Balaban J connectivity index is 1.47. The summed E-state index contributed by atoms with van der Waals surface area (Å²) in [5, 5.41) is 10.4. The molecule has 9 heteroatoms. The quantitative estimate of drug-likeness (QED) is 0.264. The van der Waals surface area contributed by atoms with E-state index in [4.69, 9.17) is 28.4 Å². The number of nitrogens with zero attached hydrogens (tertiary/aromatic N) is 2. The maximum absolute atomic E-state index is 10.4. The number of aliphatic hydroxyl groups excluding tert-OH is 1. The molecule has 0 amide bonds. The van der Waals surface area contributed by atoms with Crippen LogP contribution in [0.2, 0.25) is 0 Å². The molecular formula is C38H42N2O7. The zero-order valence-electron chi connectivity index (χ0n) is 27.7. The van der Waals surface area contributed by atoms with Crippen LogP contribution in [0.5, 0.6) is 46.0 Å². The van der Waals surface area contributed by atoms with Gasteiger partial charge in [-0.15, -0.1) is 0 Å². The number of likely N-dealkylation sites (N-methyl/N-ethyl adjacent to an activating group) is 1. The topological polar surface area (TPSA) is 82.1 Å². The summed E-state index contributed by atoms with van der Waals surface area (Å²) < 4.78 is 37.0. The van der Waals surface area contributed by atoms with E-state index in [1.807, 2.05) is 18.2 Å². The molecule has 4 aliphatic heterocycles. The standard InChI is InChI=1S/C38H42N2O7/c1-39-14-12-26-20-35(44-4)37(45-5)38-36(26)30(39)17-24-8-11-31(42-2)33(18-24)46-27-9-6-23(7-10-27)16-29-28-21-34(47-38)32(43-3)19-25(28)13-15-40(29)22-41/h6-11,18-21,29-30,41H,12-17,22H2,1-5H3. The van der Waals surface area contributed by atoms with Crippen molar-refractivity contribution in [2.24, 2.45) is 0 Å². The summed E-state index contributed by atoms with van der Waals surface area (Å²) in [5.74, 6) is 5.06. The lowest BCUT2D eigenvalue weighted by atomic mass is 9.87. The zero-order chi connectivity index (χ0) is 32.7. The first-order valence-electron chi connectivity index (χ1n) is 16.1. The van der Waals surface area contributed by atoms with Crippen LogP contribution in [0, 0.1) is 0 Å². The van der Waals surface area contributed by atoms with E-state index < -0.39 is 0 Å². The molecule has 0 spiro atoms. The number of aliphatic hydroxyl groups is 1. The highest BCUT2D eigenvalue weighted by molar-refractivity contribution is 5.64. The molecule has 4 aromatic carbocycles. The molecule has 0 saturated carbocycles. The van der Waals surface area contributed by atoms with Crippen LogP contribution in [-0.4, -0.2) is 70.2 Å². The van der Waals surface area contributed by atoms with Gasteiger partial charge in [0, 0.05) is 30.7 Å². The number of methoxy groups -OCH3 is 4. The van der Waals surface area contributed by atoms with Crippen LogP contribution in [0.4, 0.5) is 0 Å². The van der Waals surface area contributed by atoms with E-state index in [1.165, 1.54) is 5.56 Å². The number of hydrogen-bond donors (Lipinski definition) is 1. The molecule has 0 radical (unpaired) electrons. The summed E-state index contributed by atoms with van der Waals surface area (Å²) in [4.78, 5) is 4.47. The van der Waals surface area contributed by atoms with Gasteiger partial charge in [-0.25, -0.2) is 0 Å². The van der Waals surface area contributed by atoms with Crippen molar-refractivity contribution in [3.8, 4) is 46.0 Å². The average Bonchev–Trinajstić information content (AvgIpc) is 3.09. The number of benzene rings is 4. The molecule has 4 aliphatic rings. The summed E-state index contributed by atoms with van der Waals surface area (Å²) in [5.41, 5.74) is 6.72. The van der Waals surface area contributed by atoms with Crippen LogP contribution >= 0.6 is 0 Å². The fraction of sp³-hybridized carbons (Fsp3) is 0.368. The number of fused-ring (bicyclic) bond motifs is 2. The summed E-state index contributed by atoms with van der Waals surface area (Å²) in [6, 6.07) is 20.4. The molecular weight excluding hydrogens is 596 g/mol. The lowest BCUT2D eigenvalue weighted by molar-refractivity contribution is 0.0605. The summed E-state index contributed by atoms with van der Waals surface area (Å²) >= 11 is 0. The van der Waals surface area contributed by atoms with Gasteiger partial charge in [-0.1, -0.05) is 18.2 Å². The molecule has 8 rings (SSSR count). The molecule has 47 heavy (non-hydrogen) atoms. The molecule has 0 aromatic heterocycles. The predicted octanol–water partition coefficient (Wildman–Crippen LogP) is 6.48. The average molecular weight is 639 g/mol. The number of rotatable bonds is 5. The van der Waals surface area contributed by atoms with Crippen molar-refractivity contribution in [2.75, 3.05) is 55.3 Å². The second kappa shape index (κ2) is 13.0. The minimum absolute atomic E-state index is 0.0331. The van der Waals surface area contributed by atoms with Gasteiger partial charge >= 0.3 is 0 Å². The fourth-order valence-electron chi connectivity index (χ4n) is 7.34. The van der Waals surface area contributed by atoms with E-state index in [0.717, 1.165) is 59.5 Å². The Morgan fingerprint density at radius 1 is 0.702 bits per heavy atom. The molecule has 0 fully saturated rings. The Kier molecular flexibility index (Phi) is 8.61. The Morgan fingerprint density at radius 2 is 1.38 bits per heavy atom. The first-order valence-corrected chi connectivity index (χ1v) is 16.1. The number of ether oxygens (including phenoxy) is 6. The molecule has 0 saturated heterocycles. The van der Waals surface area contributed by atoms with E-state index in [9.17, 15) is 5.11 Å². The van der Waals surface area contributed by atoms with Crippen molar-refractivity contribution in [2.45, 2.75) is 37.8 Å². The van der Waals surface area contributed by atoms with E-state index in [0.29, 0.717) is 53.1 Å². The van der Waals surface area contributed by atoms with Crippen LogP contribution in [0.1, 0.15) is 45.5 Å². The molecule has 2 atom stereocenters. The van der Waals surface area contributed by atoms with Crippen molar-refractivity contribution in [3.05, 3.63) is 94.0 Å². The Morgan fingerprint density at radius 3 is 2.11 bits per heavy atom. The monoisotopic (exact) mass is 638 g/mol. The molecule has 4 aromatic rings. The second-order valence-corrected chi connectivity index (χ2v) is 12.4. The van der Waals surface area contributed by atoms with Crippen LogP contribution in [0.3, 0.4) is 0 Å². The molecule has 0 aliphatic carbocycles. The summed E-state index contributed by atoms with van der Waals surface area (Å²) in [7, 11) is 8.78. The highest BCUT2D eigenvalue weighted by Crippen LogP contribution is 2.52. The van der Waals surface area contributed by atoms with Crippen molar-refractivity contribution in [1.29, 1.82) is 0 Å². The largest absolute Gasteiger partial charge is 0.493 e. The SMILES string of the molecule is COc1ccc2cc1Oc1ccc(cc1)CC1c3cc(c(OC)cc3CCN1CO)Oc1c(OC)c(OC)cc3c1C(C2)N(C)CC3. The van der Waals surface area contributed by atoms with Gasteiger partial charge in [-0.3, -0.25) is 9.80 Å². The van der Waals surface area contributed by atoms with Crippen LogP contribution in [-0.2, 0) is 25.7 Å². The van der Waals surface area contributed by atoms with E-state index in [-0.39, 0.29) is 18.8 Å². The van der Waals surface area contributed by atoms with E-state index >= 15 is 0 Å².